The van der Waals surface area contributed by atoms with E-state index >= 15 is 0 Å². The lowest BCUT2D eigenvalue weighted by atomic mass is 10.1. The molecule has 0 amide bonds. The Morgan fingerprint density at radius 2 is 1.82 bits per heavy atom. The van der Waals surface area contributed by atoms with E-state index in [2.05, 4.69) is 15.2 Å². The van der Waals surface area contributed by atoms with Gasteiger partial charge in [-0.15, -0.1) is 11.3 Å². The lowest BCUT2D eigenvalue weighted by Gasteiger charge is -2.26. The van der Waals surface area contributed by atoms with Crippen molar-refractivity contribution in [2.75, 3.05) is 26.2 Å². The highest BCUT2D eigenvalue weighted by atomic mass is 32.1. The van der Waals surface area contributed by atoms with Crippen molar-refractivity contribution in [1.82, 2.24) is 15.2 Å². The number of alkyl halides is 3. The smallest absolute Gasteiger partial charge is 0.314 e. The molecule has 1 aromatic heterocycles. The molecule has 2 heterocycles. The molecule has 0 saturated carbocycles. The fourth-order valence-electron chi connectivity index (χ4n) is 2.41. The van der Waals surface area contributed by atoms with E-state index in [1.807, 2.05) is 5.38 Å². The van der Waals surface area contributed by atoms with E-state index in [-0.39, 0.29) is 0 Å². The maximum atomic E-state index is 12.6. The highest BCUT2D eigenvalue weighted by molar-refractivity contribution is 7.13. The van der Waals surface area contributed by atoms with Gasteiger partial charge in [0.1, 0.15) is 5.01 Å². The molecule has 0 atom stereocenters. The van der Waals surface area contributed by atoms with Crippen molar-refractivity contribution >= 4 is 11.3 Å². The molecule has 118 valence electrons. The fourth-order valence-corrected chi connectivity index (χ4v) is 3.23. The van der Waals surface area contributed by atoms with Crippen molar-refractivity contribution in [2.24, 2.45) is 0 Å². The monoisotopic (exact) mass is 327 g/mol. The van der Waals surface area contributed by atoms with Gasteiger partial charge in [0.2, 0.25) is 0 Å². The number of nitrogens with zero attached hydrogens (tertiary/aromatic N) is 2. The van der Waals surface area contributed by atoms with Gasteiger partial charge < -0.3 is 5.32 Å². The number of halogens is 3. The summed E-state index contributed by atoms with van der Waals surface area (Å²) in [6.07, 6.45) is -4.30. The second-order valence-electron chi connectivity index (χ2n) is 5.25. The number of thiazole rings is 1. The van der Waals surface area contributed by atoms with Crippen LogP contribution in [0, 0.1) is 0 Å². The summed E-state index contributed by atoms with van der Waals surface area (Å²) in [4.78, 5) is 6.86. The molecule has 0 spiro atoms. The first kappa shape index (κ1) is 15.5. The Kier molecular flexibility index (Phi) is 4.46. The van der Waals surface area contributed by atoms with E-state index in [9.17, 15) is 13.2 Å². The average Bonchev–Trinajstić information content (AvgIpc) is 2.96. The highest BCUT2D eigenvalue weighted by Gasteiger charge is 2.30. The molecule has 22 heavy (non-hydrogen) atoms. The molecule has 3 nitrogen and oxygen atoms in total. The van der Waals surface area contributed by atoms with E-state index in [1.54, 1.807) is 0 Å². The Labute approximate surface area is 130 Å². The molecule has 7 heteroatoms. The second-order valence-corrected chi connectivity index (χ2v) is 6.10. The second kappa shape index (κ2) is 6.36. The van der Waals surface area contributed by atoms with E-state index in [4.69, 9.17) is 0 Å². The summed E-state index contributed by atoms with van der Waals surface area (Å²) in [5.74, 6) is 0. The molecule has 1 saturated heterocycles. The van der Waals surface area contributed by atoms with Crippen molar-refractivity contribution in [3.63, 3.8) is 0 Å². The molecule has 0 radical (unpaired) electrons. The van der Waals surface area contributed by atoms with Crippen molar-refractivity contribution in [3.05, 3.63) is 40.9 Å². The van der Waals surface area contributed by atoms with Crippen LogP contribution in [0.15, 0.2) is 29.6 Å². The zero-order valence-electron chi connectivity index (χ0n) is 11.9. The molecule has 1 N–H and O–H groups in total. The number of nitrogens with one attached hydrogen (secondary N) is 1. The predicted molar refractivity (Wildman–Crippen MR) is 80.7 cm³/mol. The van der Waals surface area contributed by atoms with Crippen LogP contribution in [-0.2, 0) is 12.7 Å². The fraction of sp³-hybridized carbons (Fsp3) is 0.400. The summed E-state index contributed by atoms with van der Waals surface area (Å²) in [5.41, 5.74) is 1.07. The number of hydrogen-bond donors (Lipinski definition) is 1. The van der Waals surface area contributed by atoms with Gasteiger partial charge in [-0.3, -0.25) is 4.90 Å². The summed E-state index contributed by atoms with van der Waals surface area (Å²) in [6, 6.07) is 5.17. The quantitative estimate of drug-likeness (QED) is 0.938. The Morgan fingerprint density at radius 3 is 2.45 bits per heavy atom. The molecule has 2 aromatic rings. The standard InChI is InChI=1S/C15H16F3N3S/c16-15(17,18)12-3-1-11(2-4-12)14-20-13(10-22-14)9-21-7-5-19-6-8-21/h1-4,10,19H,5-9H2. The average molecular weight is 327 g/mol. The van der Waals surface area contributed by atoms with E-state index in [0.29, 0.717) is 0 Å². The minimum Gasteiger partial charge on any atom is -0.314 e. The molecule has 1 aromatic carbocycles. The van der Waals surface area contributed by atoms with E-state index < -0.39 is 11.7 Å². The van der Waals surface area contributed by atoms with Crippen LogP contribution < -0.4 is 5.32 Å². The first-order valence-electron chi connectivity index (χ1n) is 7.07. The molecule has 1 fully saturated rings. The van der Waals surface area contributed by atoms with Crippen LogP contribution in [-0.4, -0.2) is 36.1 Å². The summed E-state index contributed by atoms with van der Waals surface area (Å²) in [6.45, 7) is 4.74. The molecule has 1 aliphatic rings. The first-order chi connectivity index (χ1) is 10.5. The minimum absolute atomic E-state index is 0.631. The molecule has 3 rings (SSSR count). The van der Waals surface area contributed by atoms with Crippen molar-refractivity contribution in [1.29, 1.82) is 0 Å². The Bertz CT molecular complexity index is 616. The predicted octanol–water partition coefficient (Wildman–Crippen LogP) is 3.23. The third-order valence-electron chi connectivity index (χ3n) is 3.61. The molecule has 0 bridgehead atoms. The lowest BCUT2D eigenvalue weighted by Crippen LogP contribution is -2.42. The van der Waals surface area contributed by atoms with Crippen LogP contribution in [0.3, 0.4) is 0 Å². The zero-order valence-corrected chi connectivity index (χ0v) is 12.7. The van der Waals surface area contributed by atoms with Crippen LogP contribution in [0.5, 0.6) is 0 Å². The van der Waals surface area contributed by atoms with Crippen LogP contribution in [0.2, 0.25) is 0 Å². The number of rotatable bonds is 3. The molecule has 1 aliphatic heterocycles. The summed E-state index contributed by atoms with van der Waals surface area (Å²) in [5, 5.41) is 6.04. The van der Waals surface area contributed by atoms with Gasteiger partial charge in [-0.1, -0.05) is 12.1 Å². The van der Waals surface area contributed by atoms with Gasteiger partial charge >= 0.3 is 6.18 Å². The maximum Gasteiger partial charge on any atom is 0.416 e. The highest BCUT2D eigenvalue weighted by Crippen LogP contribution is 2.31. The van der Waals surface area contributed by atoms with Gasteiger partial charge in [-0.2, -0.15) is 13.2 Å². The van der Waals surface area contributed by atoms with Gasteiger partial charge in [0.05, 0.1) is 11.3 Å². The largest absolute Gasteiger partial charge is 0.416 e. The summed E-state index contributed by atoms with van der Waals surface area (Å²) in [7, 11) is 0. The number of piperazine rings is 1. The molecular weight excluding hydrogens is 311 g/mol. The van der Waals surface area contributed by atoms with Crippen molar-refractivity contribution in [2.45, 2.75) is 12.7 Å². The molecule has 0 aliphatic carbocycles. The normalized spacial score (nSPS) is 16.9. The van der Waals surface area contributed by atoms with Gasteiger partial charge in [0, 0.05) is 43.7 Å². The van der Waals surface area contributed by atoms with Gasteiger partial charge in [-0.05, 0) is 12.1 Å². The summed E-state index contributed by atoms with van der Waals surface area (Å²) >= 11 is 1.47. The van der Waals surface area contributed by atoms with Crippen molar-refractivity contribution in [3.8, 4) is 10.6 Å². The SMILES string of the molecule is FC(F)(F)c1ccc(-c2nc(CN3CCNCC3)cs2)cc1. The van der Waals surface area contributed by atoms with Crippen LogP contribution in [0.25, 0.3) is 10.6 Å². The van der Waals surface area contributed by atoms with Crippen LogP contribution >= 0.6 is 11.3 Å². The number of aromatic nitrogens is 1. The third-order valence-corrected chi connectivity index (χ3v) is 4.55. The van der Waals surface area contributed by atoms with E-state index in [0.717, 1.165) is 61.1 Å². The Morgan fingerprint density at radius 1 is 1.14 bits per heavy atom. The minimum atomic E-state index is -4.30. The van der Waals surface area contributed by atoms with Gasteiger partial charge in [0.15, 0.2) is 0 Å². The third kappa shape index (κ3) is 3.66. The maximum absolute atomic E-state index is 12.6. The zero-order chi connectivity index (χ0) is 15.6. The van der Waals surface area contributed by atoms with Crippen molar-refractivity contribution < 1.29 is 13.2 Å². The summed E-state index contributed by atoms with van der Waals surface area (Å²) < 4.78 is 37.7. The van der Waals surface area contributed by atoms with E-state index in [1.165, 1.54) is 23.5 Å². The van der Waals surface area contributed by atoms with Crippen LogP contribution in [0.1, 0.15) is 11.3 Å². The number of hydrogen-bond acceptors (Lipinski definition) is 4. The topological polar surface area (TPSA) is 28.2 Å². The number of benzene rings is 1. The molecule has 0 unspecified atom stereocenters. The Hall–Kier alpha value is -1.44. The first-order valence-corrected chi connectivity index (χ1v) is 7.95. The van der Waals surface area contributed by atoms with Crippen LogP contribution in [0.4, 0.5) is 13.2 Å². The Balaban J connectivity index is 1.70. The van der Waals surface area contributed by atoms with Gasteiger partial charge in [0.25, 0.3) is 0 Å². The molecular formula is C15H16F3N3S. The lowest BCUT2D eigenvalue weighted by molar-refractivity contribution is -0.137. The van der Waals surface area contributed by atoms with Gasteiger partial charge in [-0.25, -0.2) is 4.98 Å².